The number of terminal acetylenes is 1. The molecular formula is C15H21N3O2. The first-order valence-corrected chi connectivity index (χ1v) is 6.45. The Bertz CT molecular complexity index is 466. The summed E-state index contributed by atoms with van der Waals surface area (Å²) in [5.41, 5.74) is 1.04. The number of benzene rings is 1. The standard InChI is InChI=1S/C15H21N3O2/c1-4-11-20-14-8-6-5-7-13(14)12-16-9-10-17-15(19)18(2)3/h1,5-8,16H,9-12H2,2-3H3,(H,17,19). The summed E-state index contributed by atoms with van der Waals surface area (Å²) in [5, 5.41) is 6.03. The summed E-state index contributed by atoms with van der Waals surface area (Å²) < 4.78 is 5.46. The largest absolute Gasteiger partial charge is 0.481 e. The van der Waals surface area contributed by atoms with Crippen LogP contribution in [0.3, 0.4) is 0 Å². The van der Waals surface area contributed by atoms with Gasteiger partial charge in [0.1, 0.15) is 12.4 Å². The zero-order valence-corrected chi connectivity index (χ0v) is 12.0. The van der Waals surface area contributed by atoms with E-state index < -0.39 is 0 Å². The van der Waals surface area contributed by atoms with Gasteiger partial charge >= 0.3 is 6.03 Å². The Kier molecular flexibility index (Phi) is 7.01. The molecule has 0 aliphatic heterocycles. The van der Waals surface area contributed by atoms with E-state index in [2.05, 4.69) is 16.6 Å². The lowest BCUT2D eigenvalue weighted by atomic mass is 10.2. The number of hydrogen-bond donors (Lipinski definition) is 2. The Morgan fingerprint density at radius 3 is 2.80 bits per heavy atom. The molecule has 2 N–H and O–H groups in total. The first kappa shape index (κ1) is 15.9. The number of carbonyl (C=O) groups is 1. The van der Waals surface area contributed by atoms with Crippen LogP contribution in [0.15, 0.2) is 24.3 Å². The molecule has 5 nitrogen and oxygen atoms in total. The van der Waals surface area contributed by atoms with Crippen LogP contribution in [0.4, 0.5) is 4.79 Å². The first-order chi connectivity index (χ1) is 9.65. The molecule has 0 radical (unpaired) electrons. The zero-order chi connectivity index (χ0) is 14.8. The fraction of sp³-hybridized carbons (Fsp3) is 0.400. The highest BCUT2D eigenvalue weighted by molar-refractivity contribution is 5.73. The minimum absolute atomic E-state index is 0.0930. The number of para-hydroxylation sites is 1. The number of hydrogen-bond acceptors (Lipinski definition) is 3. The molecule has 0 bridgehead atoms. The second-order valence-corrected chi connectivity index (χ2v) is 4.40. The highest BCUT2D eigenvalue weighted by atomic mass is 16.5. The third-order valence-corrected chi connectivity index (χ3v) is 2.58. The van der Waals surface area contributed by atoms with Crippen molar-refractivity contribution in [3.05, 3.63) is 29.8 Å². The van der Waals surface area contributed by atoms with Gasteiger partial charge in [-0.25, -0.2) is 4.79 Å². The number of amides is 2. The quantitative estimate of drug-likeness (QED) is 0.578. The van der Waals surface area contributed by atoms with Crippen LogP contribution in [0.1, 0.15) is 5.56 Å². The topological polar surface area (TPSA) is 53.6 Å². The molecule has 0 heterocycles. The van der Waals surface area contributed by atoms with E-state index in [1.165, 1.54) is 4.90 Å². The molecular weight excluding hydrogens is 254 g/mol. The summed E-state index contributed by atoms with van der Waals surface area (Å²) in [7, 11) is 3.42. The van der Waals surface area contributed by atoms with Crippen LogP contribution >= 0.6 is 0 Å². The molecule has 1 aromatic carbocycles. The van der Waals surface area contributed by atoms with E-state index >= 15 is 0 Å². The molecule has 0 fully saturated rings. The Morgan fingerprint density at radius 1 is 1.35 bits per heavy atom. The Morgan fingerprint density at radius 2 is 2.10 bits per heavy atom. The molecule has 2 amide bonds. The number of carbonyl (C=O) groups excluding carboxylic acids is 1. The lowest BCUT2D eigenvalue weighted by molar-refractivity contribution is 0.217. The van der Waals surface area contributed by atoms with Crippen molar-refractivity contribution in [2.75, 3.05) is 33.8 Å². The van der Waals surface area contributed by atoms with Gasteiger partial charge in [-0.15, -0.1) is 6.42 Å². The van der Waals surface area contributed by atoms with Crippen LogP contribution in [0.5, 0.6) is 5.75 Å². The lowest BCUT2D eigenvalue weighted by Gasteiger charge is -2.13. The molecule has 0 aliphatic rings. The molecule has 0 aromatic heterocycles. The van der Waals surface area contributed by atoms with E-state index in [-0.39, 0.29) is 12.6 Å². The van der Waals surface area contributed by atoms with Crippen LogP contribution in [0.25, 0.3) is 0 Å². The van der Waals surface area contributed by atoms with Gasteiger partial charge in [-0.3, -0.25) is 0 Å². The van der Waals surface area contributed by atoms with Crippen molar-refractivity contribution in [1.82, 2.24) is 15.5 Å². The van der Waals surface area contributed by atoms with Gasteiger partial charge in [0.15, 0.2) is 0 Å². The molecule has 0 saturated carbocycles. The second kappa shape index (κ2) is 8.83. The van der Waals surface area contributed by atoms with E-state index in [1.807, 2.05) is 24.3 Å². The van der Waals surface area contributed by atoms with Gasteiger partial charge < -0.3 is 20.3 Å². The average molecular weight is 275 g/mol. The maximum atomic E-state index is 11.3. The second-order valence-electron chi connectivity index (χ2n) is 4.40. The molecule has 1 aromatic rings. The molecule has 20 heavy (non-hydrogen) atoms. The summed E-state index contributed by atoms with van der Waals surface area (Å²) in [6.07, 6.45) is 5.18. The smallest absolute Gasteiger partial charge is 0.316 e. The van der Waals surface area contributed by atoms with E-state index in [4.69, 9.17) is 11.2 Å². The zero-order valence-electron chi connectivity index (χ0n) is 12.0. The Balaban J connectivity index is 2.31. The summed E-state index contributed by atoms with van der Waals surface area (Å²) in [5.74, 6) is 3.24. The number of urea groups is 1. The van der Waals surface area contributed by atoms with Gasteiger partial charge in [0, 0.05) is 39.3 Å². The molecule has 0 saturated heterocycles. The van der Waals surface area contributed by atoms with Crippen LogP contribution in [0.2, 0.25) is 0 Å². The number of rotatable bonds is 7. The summed E-state index contributed by atoms with van der Waals surface area (Å²) >= 11 is 0. The third kappa shape index (κ3) is 5.63. The fourth-order valence-electron chi connectivity index (χ4n) is 1.55. The predicted octanol–water partition coefficient (Wildman–Crippen LogP) is 1.06. The fourth-order valence-corrected chi connectivity index (χ4v) is 1.55. The van der Waals surface area contributed by atoms with Crippen molar-refractivity contribution in [1.29, 1.82) is 0 Å². The van der Waals surface area contributed by atoms with Crippen LogP contribution in [-0.2, 0) is 6.54 Å². The number of nitrogens with one attached hydrogen (secondary N) is 2. The van der Waals surface area contributed by atoms with E-state index in [1.54, 1.807) is 14.1 Å². The number of ether oxygens (including phenoxy) is 1. The van der Waals surface area contributed by atoms with Crippen LogP contribution in [-0.4, -0.2) is 44.7 Å². The van der Waals surface area contributed by atoms with Crippen molar-refractivity contribution in [3.8, 4) is 18.1 Å². The molecule has 0 unspecified atom stereocenters. The van der Waals surface area contributed by atoms with Crippen molar-refractivity contribution < 1.29 is 9.53 Å². The third-order valence-electron chi connectivity index (χ3n) is 2.58. The van der Waals surface area contributed by atoms with Crippen molar-refractivity contribution in [3.63, 3.8) is 0 Å². The van der Waals surface area contributed by atoms with Gasteiger partial charge in [-0.1, -0.05) is 24.1 Å². The van der Waals surface area contributed by atoms with Crippen molar-refractivity contribution in [2.24, 2.45) is 0 Å². The normalized spacial score (nSPS) is 9.65. The summed E-state index contributed by atoms with van der Waals surface area (Å²) in [4.78, 5) is 12.8. The monoisotopic (exact) mass is 275 g/mol. The molecule has 108 valence electrons. The summed E-state index contributed by atoms with van der Waals surface area (Å²) in [6.45, 7) is 2.18. The van der Waals surface area contributed by atoms with Gasteiger partial charge in [-0.05, 0) is 6.07 Å². The van der Waals surface area contributed by atoms with E-state index in [9.17, 15) is 4.79 Å². The van der Waals surface area contributed by atoms with Gasteiger partial charge in [0.2, 0.25) is 0 Å². The molecule has 0 spiro atoms. The Hall–Kier alpha value is -2.19. The lowest BCUT2D eigenvalue weighted by Crippen LogP contribution is -2.38. The highest BCUT2D eigenvalue weighted by Gasteiger charge is 2.03. The van der Waals surface area contributed by atoms with Gasteiger partial charge in [0.05, 0.1) is 0 Å². The maximum Gasteiger partial charge on any atom is 0.316 e. The predicted molar refractivity (Wildman–Crippen MR) is 79.6 cm³/mol. The number of nitrogens with zero attached hydrogens (tertiary/aromatic N) is 1. The van der Waals surface area contributed by atoms with Crippen LogP contribution < -0.4 is 15.4 Å². The minimum atomic E-state index is -0.0930. The van der Waals surface area contributed by atoms with Gasteiger partial charge in [0.25, 0.3) is 0 Å². The molecule has 0 atom stereocenters. The van der Waals surface area contributed by atoms with Crippen LogP contribution in [0, 0.1) is 12.3 Å². The van der Waals surface area contributed by atoms with Gasteiger partial charge in [-0.2, -0.15) is 0 Å². The maximum absolute atomic E-state index is 11.3. The summed E-state index contributed by atoms with van der Waals surface area (Å²) in [6, 6.07) is 7.64. The Labute approximate surface area is 120 Å². The molecule has 5 heteroatoms. The molecule has 1 rings (SSSR count). The van der Waals surface area contributed by atoms with E-state index in [0.717, 1.165) is 11.3 Å². The minimum Gasteiger partial charge on any atom is -0.481 e. The molecule has 0 aliphatic carbocycles. The SMILES string of the molecule is C#CCOc1ccccc1CNCCNC(=O)N(C)C. The van der Waals surface area contributed by atoms with Crippen molar-refractivity contribution >= 4 is 6.03 Å². The highest BCUT2D eigenvalue weighted by Crippen LogP contribution is 2.17. The first-order valence-electron chi connectivity index (χ1n) is 6.45. The van der Waals surface area contributed by atoms with Crippen molar-refractivity contribution in [2.45, 2.75) is 6.54 Å². The van der Waals surface area contributed by atoms with E-state index in [0.29, 0.717) is 19.6 Å². The average Bonchev–Trinajstić information content (AvgIpc) is 2.45.